The number of ether oxygens (including phenoxy) is 1. The van der Waals surface area contributed by atoms with Gasteiger partial charge in [-0.25, -0.2) is 4.98 Å². The molecule has 0 fully saturated rings. The SMILES string of the molecule is CC(C)OCCNc1nc2ccc(N)cc2c(=O)[nH]1. The Bertz CT molecular complexity index is 622. The van der Waals surface area contributed by atoms with E-state index in [1.807, 2.05) is 13.8 Å². The van der Waals surface area contributed by atoms with Crippen molar-refractivity contribution in [1.82, 2.24) is 9.97 Å². The molecule has 0 aliphatic heterocycles. The van der Waals surface area contributed by atoms with Crippen LogP contribution in [-0.4, -0.2) is 29.2 Å². The second-order valence-electron chi connectivity index (χ2n) is 4.54. The third-order valence-corrected chi connectivity index (χ3v) is 2.58. The van der Waals surface area contributed by atoms with E-state index in [1.165, 1.54) is 0 Å². The monoisotopic (exact) mass is 262 g/mol. The minimum Gasteiger partial charge on any atom is -0.399 e. The summed E-state index contributed by atoms with van der Waals surface area (Å²) in [6.45, 7) is 5.09. The Morgan fingerprint density at radius 1 is 1.47 bits per heavy atom. The van der Waals surface area contributed by atoms with Crippen molar-refractivity contribution >= 4 is 22.5 Å². The second-order valence-corrected chi connectivity index (χ2v) is 4.54. The average molecular weight is 262 g/mol. The molecule has 0 amide bonds. The van der Waals surface area contributed by atoms with Gasteiger partial charge in [0, 0.05) is 12.2 Å². The van der Waals surface area contributed by atoms with Gasteiger partial charge in [0.2, 0.25) is 5.95 Å². The van der Waals surface area contributed by atoms with E-state index >= 15 is 0 Å². The highest BCUT2D eigenvalue weighted by molar-refractivity contribution is 5.81. The lowest BCUT2D eigenvalue weighted by molar-refractivity contribution is 0.0870. The second kappa shape index (κ2) is 5.71. The Morgan fingerprint density at radius 2 is 2.26 bits per heavy atom. The number of hydrogen-bond acceptors (Lipinski definition) is 5. The van der Waals surface area contributed by atoms with Gasteiger partial charge in [-0.2, -0.15) is 0 Å². The lowest BCUT2D eigenvalue weighted by atomic mass is 10.2. The maximum absolute atomic E-state index is 11.9. The van der Waals surface area contributed by atoms with Crippen LogP contribution < -0.4 is 16.6 Å². The standard InChI is InChI=1S/C13H18N4O2/c1-8(2)19-6-5-15-13-16-11-4-3-9(14)7-10(11)12(18)17-13/h3-4,7-8H,5-6,14H2,1-2H3,(H2,15,16,17,18). The van der Waals surface area contributed by atoms with Crippen LogP contribution in [0.5, 0.6) is 0 Å². The van der Waals surface area contributed by atoms with E-state index in [0.717, 1.165) is 0 Å². The molecule has 0 aliphatic rings. The molecule has 19 heavy (non-hydrogen) atoms. The third kappa shape index (κ3) is 3.45. The minimum absolute atomic E-state index is 0.188. The Labute approximate surface area is 111 Å². The van der Waals surface area contributed by atoms with Crippen LogP contribution in [0.25, 0.3) is 10.9 Å². The first-order valence-corrected chi connectivity index (χ1v) is 6.21. The zero-order valence-electron chi connectivity index (χ0n) is 11.1. The maximum atomic E-state index is 11.9. The molecular weight excluding hydrogens is 244 g/mol. The van der Waals surface area contributed by atoms with Crippen molar-refractivity contribution in [2.24, 2.45) is 0 Å². The molecule has 2 rings (SSSR count). The van der Waals surface area contributed by atoms with Crippen LogP contribution in [0.2, 0.25) is 0 Å². The molecule has 1 heterocycles. The molecule has 6 nitrogen and oxygen atoms in total. The highest BCUT2D eigenvalue weighted by Crippen LogP contribution is 2.12. The largest absolute Gasteiger partial charge is 0.399 e. The minimum atomic E-state index is -0.204. The number of H-pyrrole nitrogens is 1. The third-order valence-electron chi connectivity index (χ3n) is 2.58. The van der Waals surface area contributed by atoms with Gasteiger partial charge in [0.25, 0.3) is 5.56 Å². The molecule has 0 unspecified atom stereocenters. The number of nitrogen functional groups attached to an aromatic ring is 1. The molecule has 0 saturated heterocycles. The molecule has 1 aromatic heterocycles. The van der Waals surface area contributed by atoms with Gasteiger partial charge in [-0.05, 0) is 32.0 Å². The molecule has 0 spiro atoms. The van der Waals surface area contributed by atoms with Gasteiger partial charge in [-0.3, -0.25) is 9.78 Å². The van der Waals surface area contributed by atoms with Crippen molar-refractivity contribution in [3.05, 3.63) is 28.6 Å². The number of aromatic nitrogens is 2. The van der Waals surface area contributed by atoms with Crippen molar-refractivity contribution in [3.8, 4) is 0 Å². The van der Waals surface area contributed by atoms with Crippen molar-refractivity contribution in [1.29, 1.82) is 0 Å². The molecule has 6 heteroatoms. The molecule has 0 aliphatic carbocycles. The molecule has 0 atom stereocenters. The van der Waals surface area contributed by atoms with E-state index in [4.69, 9.17) is 10.5 Å². The van der Waals surface area contributed by atoms with Crippen LogP contribution in [0.1, 0.15) is 13.8 Å². The summed E-state index contributed by atoms with van der Waals surface area (Å²) in [7, 11) is 0. The summed E-state index contributed by atoms with van der Waals surface area (Å²) in [4.78, 5) is 18.9. The van der Waals surface area contributed by atoms with Crippen molar-refractivity contribution in [2.75, 3.05) is 24.2 Å². The van der Waals surface area contributed by atoms with E-state index < -0.39 is 0 Å². The Morgan fingerprint density at radius 3 is 3.00 bits per heavy atom. The van der Waals surface area contributed by atoms with Crippen LogP contribution in [0.4, 0.5) is 11.6 Å². The van der Waals surface area contributed by atoms with Crippen LogP contribution in [-0.2, 0) is 4.74 Å². The number of nitrogens with one attached hydrogen (secondary N) is 2. The van der Waals surface area contributed by atoms with Gasteiger partial charge >= 0.3 is 0 Å². The lowest BCUT2D eigenvalue weighted by Gasteiger charge is -2.09. The van der Waals surface area contributed by atoms with Gasteiger partial charge in [0.15, 0.2) is 0 Å². The van der Waals surface area contributed by atoms with Gasteiger partial charge in [0.05, 0.1) is 23.6 Å². The number of benzene rings is 1. The number of rotatable bonds is 5. The van der Waals surface area contributed by atoms with Crippen molar-refractivity contribution in [2.45, 2.75) is 20.0 Å². The predicted molar refractivity (Wildman–Crippen MR) is 76.4 cm³/mol. The first kappa shape index (κ1) is 13.4. The van der Waals surface area contributed by atoms with E-state index in [1.54, 1.807) is 18.2 Å². The fraction of sp³-hybridized carbons (Fsp3) is 0.385. The number of aromatic amines is 1. The zero-order valence-corrected chi connectivity index (χ0v) is 11.1. The molecule has 4 N–H and O–H groups in total. The summed E-state index contributed by atoms with van der Waals surface area (Å²) in [6.07, 6.45) is 0.188. The lowest BCUT2D eigenvalue weighted by Crippen LogP contribution is -2.18. The Hall–Kier alpha value is -2.08. The zero-order chi connectivity index (χ0) is 13.8. The molecule has 1 aromatic carbocycles. The van der Waals surface area contributed by atoms with Crippen LogP contribution in [0, 0.1) is 0 Å². The maximum Gasteiger partial charge on any atom is 0.260 e. The molecule has 2 aromatic rings. The Balaban J connectivity index is 2.13. The Kier molecular flexibility index (Phi) is 4.01. The quantitative estimate of drug-likeness (QED) is 0.558. The molecule has 102 valence electrons. The number of fused-ring (bicyclic) bond motifs is 1. The number of nitrogens with zero attached hydrogens (tertiary/aromatic N) is 1. The first-order chi connectivity index (χ1) is 9.06. The first-order valence-electron chi connectivity index (χ1n) is 6.21. The number of hydrogen-bond donors (Lipinski definition) is 3. The normalized spacial score (nSPS) is 11.1. The van der Waals surface area contributed by atoms with E-state index in [9.17, 15) is 4.79 Å². The van der Waals surface area contributed by atoms with Crippen molar-refractivity contribution in [3.63, 3.8) is 0 Å². The van der Waals surface area contributed by atoms with E-state index in [0.29, 0.717) is 35.7 Å². The predicted octanol–water partition coefficient (Wildman–Crippen LogP) is 1.34. The van der Waals surface area contributed by atoms with E-state index in [2.05, 4.69) is 15.3 Å². The highest BCUT2D eigenvalue weighted by atomic mass is 16.5. The molecule has 0 bridgehead atoms. The fourth-order valence-corrected chi connectivity index (χ4v) is 1.70. The van der Waals surface area contributed by atoms with Crippen LogP contribution in [0.15, 0.2) is 23.0 Å². The summed E-state index contributed by atoms with van der Waals surface area (Å²) < 4.78 is 5.40. The molecule has 0 radical (unpaired) electrons. The van der Waals surface area contributed by atoms with Crippen LogP contribution >= 0.6 is 0 Å². The van der Waals surface area contributed by atoms with Gasteiger partial charge in [-0.15, -0.1) is 0 Å². The van der Waals surface area contributed by atoms with Crippen LogP contribution in [0.3, 0.4) is 0 Å². The average Bonchev–Trinajstić information content (AvgIpc) is 2.35. The van der Waals surface area contributed by atoms with E-state index in [-0.39, 0.29) is 11.7 Å². The molecular formula is C13H18N4O2. The summed E-state index contributed by atoms with van der Waals surface area (Å²) in [5, 5.41) is 3.51. The number of nitrogens with two attached hydrogens (primary N) is 1. The van der Waals surface area contributed by atoms with Gasteiger partial charge in [-0.1, -0.05) is 0 Å². The van der Waals surface area contributed by atoms with Gasteiger partial charge < -0.3 is 15.8 Å². The summed E-state index contributed by atoms with van der Waals surface area (Å²) in [5.41, 5.74) is 6.60. The summed E-state index contributed by atoms with van der Waals surface area (Å²) in [6, 6.07) is 5.07. The van der Waals surface area contributed by atoms with Gasteiger partial charge in [0.1, 0.15) is 0 Å². The fourth-order valence-electron chi connectivity index (χ4n) is 1.70. The summed E-state index contributed by atoms with van der Waals surface area (Å²) in [5.74, 6) is 0.439. The summed E-state index contributed by atoms with van der Waals surface area (Å²) >= 11 is 0. The van der Waals surface area contributed by atoms with Crippen molar-refractivity contribution < 1.29 is 4.74 Å². The smallest absolute Gasteiger partial charge is 0.260 e. The molecule has 0 saturated carbocycles. The topological polar surface area (TPSA) is 93.0 Å². The highest BCUT2D eigenvalue weighted by Gasteiger charge is 2.04. The number of anilines is 2.